The molecule has 1 atom stereocenters. The van der Waals surface area contributed by atoms with Gasteiger partial charge in [-0.15, -0.1) is 0 Å². The highest BCUT2D eigenvalue weighted by Crippen LogP contribution is 2.21. The SMILES string of the molecule is CCc1ncnc(OC2CCN(C(=O)NC(C)C)C2)c1F. The molecule has 0 aromatic carbocycles. The van der Waals surface area contributed by atoms with E-state index in [2.05, 4.69) is 15.3 Å². The Morgan fingerprint density at radius 2 is 2.33 bits per heavy atom. The summed E-state index contributed by atoms with van der Waals surface area (Å²) in [7, 11) is 0. The Bertz CT molecular complexity index is 510. The molecule has 6 nitrogen and oxygen atoms in total. The lowest BCUT2D eigenvalue weighted by atomic mass is 10.3. The van der Waals surface area contributed by atoms with Gasteiger partial charge in [-0.05, 0) is 20.3 Å². The van der Waals surface area contributed by atoms with Gasteiger partial charge in [0.15, 0.2) is 0 Å². The molecule has 1 aliphatic rings. The van der Waals surface area contributed by atoms with Crippen LogP contribution in [0.15, 0.2) is 6.33 Å². The van der Waals surface area contributed by atoms with Gasteiger partial charge < -0.3 is 15.0 Å². The van der Waals surface area contributed by atoms with Gasteiger partial charge in [-0.3, -0.25) is 0 Å². The fraction of sp³-hybridized carbons (Fsp3) is 0.643. The van der Waals surface area contributed by atoms with Gasteiger partial charge in [0.2, 0.25) is 5.82 Å². The van der Waals surface area contributed by atoms with Crippen molar-refractivity contribution in [1.29, 1.82) is 0 Å². The number of ether oxygens (including phenoxy) is 1. The number of urea groups is 1. The number of hydrogen-bond acceptors (Lipinski definition) is 4. The number of likely N-dealkylation sites (tertiary alicyclic amines) is 1. The summed E-state index contributed by atoms with van der Waals surface area (Å²) in [6.07, 6.45) is 2.21. The van der Waals surface area contributed by atoms with E-state index < -0.39 is 5.82 Å². The first kappa shape index (κ1) is 15.5. The van der Waals surface area contributed by atoms with Crippen molar-refractivity contribution in [2.75, 3.05) is 13.1 Å². The third kappa shape index (κ3) is 3.80. The van der Waals surface area contributed by atoms with Crippen LogP contribution in [-0.4, -0.2) is 46.1 Å². The summed E-state index contributed by atoms with van der Waals surface area (Å²) < 4.78 is 19.6. The van der Waals surface area contributed by atoms with E-state index in [1.54, 1.807) is 4.90 Å². The molecule has 7 heteroatoms. The maximum atomic E-state index is 14.0. The average molecular weight is 296 g/mol. The fourth-order valence-corrected chi connectivity index (χ4v) is 2.22. The molecule has 1 aliphatic heterocycles. The van der Waals surface area contributed by atoms with E-state index in [0.717, 1.165) is 0 Å². The number of carbonyl (C=O) groups is 1. The molecule has 0 aliphatic carbocycles. The van der Waals surface area contributed by atoms with Crippen molar-refractivity contribution in [3.05, 3.63) is 17.8 Å². The predicted molar refractivity (Wildman–Crippen MR) is 75.6 cm³/mol. The first-order chi connectivity index (χ1) is 10.0. The number of amides is 2. The number of rotatable bonds is 4. The van der Waals surface area contributed by atoms with Crippen LogP contribution in [0.5, 0.6) is 5.88 Å². The van der Waals surface area contributed by atoms with Gasteiger partial charge >= 0.3 is 6.03 Å². The number of aromatic nitrogens is 2. The zero-order chi connectivity index (χ0) is 15.4. The highest BCUT2D eigenvalue weighted by Gasteiger charge is 2.29. The summed E-state index contributed by atoms with van der Waals surface area (Å²) in [4.78, 5) is 21.3. The Balaban J connectivity index is 1.95. The zero-order valence-corrected chi connectivity index (χ0v) is 12.6. The predicted octanol–water partition coefficient (Wildman–Crippen LogP) is 1.75. The molecule has 1 unspecified atom stereocenters. The van der Waals surface area contributed by atoms with Crippen molar-refractivity contribution < 1.29 is 13.9 Å². The molecule has 1 fully saturated rings. The van der Waals surface area contributed by atoms with E-state index in [1.165, 1.54) is 6.33 Å². The number of hydrogen-bond donors (Lipinski definition) is 1. The van der Waals surface area contributed by atoms with E-state index in [9.17, 15) is 9.18 Å². The molecule has 116 valence electrons. The molecule has 1 saturated heterocycles. The molecule has 1 aromatic heterocycles. The monoisotopic (exact) mass is 296 g/mol. The van der Waals surface area contributed by atoms with Crippen LogP contribution < -0.4 is 10.1 Å². The second-order valence-corrected chi connectivity index (χ2v) is 5.37. The van der Waals surface area contributed by atoms with Crippen molar-refractivity contribution >= 4 is 6.03 Å². The van der Waals surface area contributed by atoms with Crippen LogP contribution in [0.2, 0.25) is 0 Å². The molecule has 0 radical (unpaired) electrons. The number of nitrogens with zero attached hydrogens (tertiary/aromatic N) is 3. The molecule has 0 spiro atoms. The van der Waals surface area contributed by atoms with E-state index in [1.807, 2.05) is 20.8 Å². The molecule has 2 heterocycles. The summed E-state index contributed by atoms with van der Waals surface area (Å²) in [5.74, 6) is -0.539. The lowest BCUT2D eigenvalue weighted by molar-refractivity contribution is 0.176. The van der Waals surface area contributed by atoms with E-state index >= 15 is 0 Å². The van der Waals surface area contributed by atoms with Crippen molar-refractivity contribution in [2.24, 2.45) is 0 Å². The van der Waals surface area contributed by atoms with Gasteiger partial charge in [0.1, 0.15) is 12.4 Å². The van der Waals surface area contributed by atoms with Gasteiger partial charge in [0.05, 0.1) is 12.2 Å². The molecule has 21 heavy (non-hydrogen) atoms. The molecule has 0 saturated carbocycles. The van der Waals surface area contributed by atoms with E-state index in [4.69, 9.17) is 4.74 Å². The molecular formula is C14H21FN4O2. The van der Waals surface area contributed by atoms with Crippen molar-refractivity contribution in [1.82, 2.24) is 20.2 Å². The van der Waals surface area contributed by atoms with Gasteiger partial charge in [0, 0.05) is 19.0 Å². The smallest absolute Gasteiger partial charge is 0.317 e. The first-order valence-electron chi connectivity index (χ1n) is 7.22. The lowest BCUT2D eigenvalue weighted by Gasteiger charge is -2.19. The molecule has 1 aromatic rings. The van der Waals surface area contributed by atoms with Crippen LogP contribution in [-0.2, 0) is 6.42 Å². The quantitative estimate of drug-likeness (QED) is 0.919. The average Bonchev–Trinajstić information content (AvgIpc) is 2.89. The second kappa shape index (κ2) is 6.69. The molecule has 2 rings (SSSR count). The lowest BCUT2D eigenvalue weighted by Crippen LogP contribution is -2.42. The standard InChI is InChI=1S/C14H21FN4O2/c1-4-11-12(15)13(17-8-16-11)21-10-5-6-19(7-10)14(20)18-9(2)3/h8-10H,4-7H2,1-3H3,(H,18,20). The van der Waals surface area contributed by atoms with Gasteiger partial charge in [0.25, 0.3) is 5.88 Å². The summed E-state index contributed by atoms with van der Waals surface area (Å²) in [6.45, 7) is 6.66. The summed E-state index contributed by atoms with van der Waals surface area (Å²) in [6, 6.07) is -0.0302. The largest absolute Gasteiger partial charge is 0.470 e. The first-order valence-corrected chi connectivity index (χ1v) is 7.22. The Morgan fingerprint density at radius 3 is 3.00 bits per heavy atom. The zero-order valence-electron chi connectivity index (χ0n) is 12.6. The van der Waals surface area contributed by atoms with E-state index in [0.29, 0.717) is 31.6 Å². The summed E-state index contributed by atoms with van der Waals surface area (Å²) >= 11 is 0. The van der Waals surface area contributed by atoms with E-state index in [-0.39, 0.29) is 24.1 Å². The van der Waals surface area contributed by atoms with Gasteiger partial charge in [-0.25, -0.2) is 9.78 Å². The third-order valence-corrected chi connectivity index (χ3v) is 3.29. The van der Waals surface area contributed by atoms with Crippen molar-refractivity contribution in [2.45, 2.75) is 45.8 Å². The highest BCUT2D eigenvalue weighted by atomic mass is 19.1. The topological polar surface area (TPSA) is 67.4 Å². The molecule has 0 bridgehead atoms. The van der Waals surface area contributed by atoms with Crippen LogP contribution in [0, 0.1) is 5.82 Å². The minimum atomic E-state index is -0.509. The number of carbonyl (C=O) groups excluding carboxylic acids is 1. The number of nitrogens with one attached hydrogen (secondary N) is 1. The van der Waals surface area contributed by atoms with Gasteiger partial charge in [-0.1, -0.05) is 6.92 Å². The molecule has 1 N–H and O–H groups in total. The minimum absolute atomic E-state index is 0.0297. The second-order valence-electron chi connectivity index (χ2n) is 5.37. The Kier molecular flexibility index (Phi) is 4.93. The van der Waals surface area contributed by atoms with Crippen LogP contribution in [0.4, 0.5) is 9.18 Å². The minimum Gasteiger partial charge on any atom is -0.470 e. The number of aryl methyl sites for hydroxylation is 1. The highest BCUT2D eigenvalue weighted by molar-refractivity contribution is 5.74. The molecular weight excluding hydrogens is 275 g/mol. The maximum Gasteiger partial charge on any atom is 0.317 e. The maximum absolute atomic E-state index is 14.0. The van der Waals surface area contributed by atoms with Gasteiger partial charge in [-0.2, -0.15) is 9.37 Å². The summed E-state index contributed by atoms with van der Waals surface area (Å²) in [5, 5.41) is 2.83. The van der Waals surface area contributed by atoms with Crippen LogP contribution in [0.1, 0.15) is 32.9 Å². The van der Waals surface area contributed by atoms with Crippen LogP contribution in [0.25, 0.3) is 0 Å². The third-order valence-electron chi connectivity index (χ3n) is 3.29. The van der Waals surface area contributed by atoms with Crippen molar-refractivity contribution in [3.63, 3.8) is 0 Å². The normalized spacial score (nSPS) is 18.1. The Labute approximate surface area is 123 Å². The summed E-state index contributed by atoms with van der Waals surface area (Å²) in [5.41, 5.74) is 0.340. The fourth-order valence-electron chi connectivity index (χ4n) is 2.22. The molecule has 2 amide bonds. The van der Waals surface area contributed by atoms with Crippen LogP contribution in [0.3, 0.4) is 0 Å². The van der Waals surface area contributed by atoms with Crippen molar-refractivity contribution in [3.8, 4) is 5.88 Å². The Hall–Kier alpha value is -1.92. The van der Waals surface area contributed by atoms with Crippen LogP contribution >= 0.6 is 0 Å². The number of halogens is 1. The Morgan fingerprint density at radius 1 is 1.57 bits per heavy atom.